The number of hydrogen-bond acceptors (Lipinski definition) is 7. The number of methoxy groups -OCH3 is 1. The third-order valence-electron chi connectivity index (χ3n) is 4.38. The lowest BCUT2D eigenvalue weighted by Crippen LogP contribution is -2.36. The van der Waals surface area contributed by atoms with Crippen LogP contribution < -0.4 is 9.64 Å². The van der Waals surface area contributed by atoms with E-state index in [2.05, 4.69) is 44.2 Å². The Balaban J connectivity index is 1.95. The molecule has 1 fully saturated rings. The van der Waals surface area contributed by atoms with Crippen LogP contribution in [0.1, 0.15) is 17.4 Å². The Kier molecular flexibility index (Phi) is 4.16. The lowest BCUT2D eigenvalue weighted by atomic mass is 10.1. The summed E-state index contributed by atoms with van der Waals surface area (Å²) >= 11 is 0. The summed E-state index contributed by atoms with van der Waals surface area (Å²) in [5.74, 6) is 2.29. The van der Waals surface area contributed by atoms with Gasteiger partial charge in [0.15, 0.2) is 0 Å². The first-order valence-electron chi connectivity index (χ1n) is 7.67. The van der Waals surface area contributed by atoms with Crippen LogP contribution in [0.2, 0.25) is 0 Å². The highest BCUT2D eigenvalue weighted by Gasteiger charge is 2.37. The van der Waals surface area contributed by atoms with Crippen LogP contribution >= 0.6 is 0 Å². The van der Waals surface area contributed by atoms with Crippen molar-refractivity contribution in [2.45, 2.75) is 25.9 Å². The van der Waals surface area contributed by atoms with Crippen molar-refractivity contribution >= 4 is 5.82 Å². The van der Waals surface area contributed by atoms with Crippen LogP contribution in [0.15, 0.2) is 12.4 Å². The molecule has 0 bridgehead atoms. The lowest BCUT2D eigenvalue weighted by molar-refractivity contribution is 0.243. The molecule has 3 rings (SSSR count). The van der Waals surface area contributed by atoms with E-state index < -0.39 is 0 Å². The average molecular weight is 317 g/mol. The number of anilines is 1. The summed E-state index contributed by atoms with van der Waals surface area (Å²) in [6, 6.07) is 0.561. The van der Waals surface area contributed by atoms with Crippen molar-refractivity contribution in [3.63, 3.8) is 0 Å². The van der Waals surface area contributed by atoms with Gasteiger partial charge in [-0.2, -0.15) is 4.98 Å². The second-order valence-electron chi connectivity index (χ2n) is 6.12. The highest BCUT2D eigenvalue weighted by Crippen LogP contribution is 2.32. The first-order valence-corrected chi connectivity index (χ1v) is 7.67. The monoisotopic (exact) mass is 317 g/mol. The molecule has 2 aromatic rings. The predicted octanol–water partition coefficient (Wildman–Crippen LogP) is 0.685. The number of ether oxygens (including phenoxy) is 1. The van der Waals surface area contributed by atoms with Crippen molar-refractivity contribution in [2.75, 3.05) is 39.2 Å². The van der Waals surface area contributed by atoms with E-state index in [0.29, 0.717) is 17.7 Å². The van der Waals surface area contributed by atoms with Crippen molar-refractivity contribution in [1.29, 1.82) is 0 Å². The largest absolute Gasteiger partial charge is 0.481 e. The molecule has 8 heteroatoms. The molecule has 1 aliphatic rings. The van der Waals surface area contributed by atoms with Crippen LogP contribution in [0.5, 0.6) is 5.88 Å². The van der Waals surface area contributed by atoms with Crippen LogP contribution in [0.25, 0.3) is 0 Å². The molecule has 8 nitrogen and oxygen atoms in total. The van der Waals surface area contributed by atoms with Gasteiger partial charge in [0.25, 0.3) is 0 Å². The van der Waals surface area contributed by atoms with Crippen LogP contribution in [0.3, 0.4) is 0 Å². The third-order valence-corrected chi connectivity index (χ3v) is 4.38. The molecule has 124 valence electrons. The topological polar surface area (TPSA) is 72.2 Å². The normalized spacial score (nSPS) is 21.2. The molecule has 0 saturated carbocycles. The molecule has 1 saturated heterocycles. The number of hydrogen-bond donors (Lipinski definition) is 0. The van der Waals surface area contributed by atoms with Gasteiger partial charge in [-0.25, -0.2) is 9.67 Å². The molecule has 2 aromatic heterocycles. The predicted molar refractivity (Wildman–Crippen MR) is 86.8 cm³/mol. The van der Waals surface area contributed by atoms with Gasteiger partial charge < -0.3 is 14.5 Å². The Morgan fingerprint density at radius 2 is 2.00 bits per heavy atom. The fraction of sp³-hybridized carbons (Fsp3) is 0.600. The van der Waals surface area contributed by atoms with Gasteiger partial charge in [-0.05, 0) is 27.9 Å². The third kappa shape index (κ3) is 2.86. The minimum absolute atomic E-state index is 0.230. The molecule has 0 radical (unpaired) electrons. The highest BCUT2D eigenvalue weighted by molar-refractivity contribution is 5.52. The van der Waals surface area contributed by atoms with Crippen molar-refractivity contribution in [2.24, 2.45) is 0 Å². The van der Waals surface area contributed by atoms with Crippen molar-refractivity contribution in [3.8, 4) is 5.88 Å². The average Bonchev–Trinajstić information content (AvgIpc) is 3.17. The minimum atomic E-state index is 0.230. The van der Waals surface area contributed by atoms with E-state index in [1.165, 1.54) is 0 Å². The zero-order valence-electron chi connectivity index (χ0n) is 14.3. The molecule has 0 N–H and O–H groups in total. The van der Waals surface area contributed by atoms with E-state index >= 15 is 0 Å². The fourth-order valence-electron chi connectivity index (χ4n) is 3.20. The zero-order valence-corrected chi connectivity index (χ0v) is 14.3. The summed E-state index contributed by atoms with van der Waals surface area (Å²) in [6.45, 7) is 5.59. The molecule has 1 aliphatic heterocycles. The van der Waals surface area contributed by atoms with Crippen molar-refractivity contribution < 1.29 is 4.74 Å². The quantitative estimate of drug-likeness (QED) is 0.821. The SMILES string of the molecule is COc1nc(C)nc(N2C[C@@H](N(C)C)[C@@H](n3ccnn3)C2)c1C. The van der Waals surface area contributed by atoms with Crippen LogP contribution in [0.4, 0.5) is 5.82 Å². The summed E-state index contributed by atoms with van der Waals surface area (Å²) in [5.41, 5.74) is 0.967. The maximum atomic E-state index is 5.38. The van der Waals surface area contributed by atoms with Crippen molar-refractivity contribution in [3.05, 3.63) is 23.8 Å². The minimum Gasteiger partial charge on any atom is -0.481 e. The standard InChI is InChI=1S/C15H23N7O/c1-10-14(17-11(2)18-15(10)23-5)21-8-12(20(3)4)13(9-21)22-7-6-16-19-22/h6-7,12-13H,8-9H2,1-5H3/t12-,13+/m1/s1. The van der Waals surface area contributed by atoms with E-state index in [0.717, 1.165) is 24.5 Å². The zero-order chi connectivity index (χ0) is 16.6. The number of likely N-dealkylation sites (N-methyl/N-ethyl adjacent to an activating group) is 1. The van der Waals surface area contributed by atoms with E-state index in [1.54, 1.807) is 13.3 Å². The summed E-state index contributed by atoms with van der Waals surface area (Å²) in [4.78, 5) is 13.5. The number of rotatable bonds is 4. The fourth-order valence-corrected chi connectivity index (χ4v) is 3.20. The second kappa shape index (κ2) is 6.11. The first-order chi connectivity index (χ1) is 11.0. The molecule has 2 atom stereocenters. The van der Waals surface area contributed by atoms with Gasteiger partial charge in [0.2, 0.25) is 5.88 Å². The smallest absolute Gasteiger partial charge is 0.221 e. The maximum Gasteiger partial charge on any atom is 0.221 e. The molecule has 0 unspecified atom stereocenters. The molecule has 0 aromatic carbocycles. The maximum absolute atomic E-state index is 5.38. The van der Waals surface area contributed by atoms with Crippen LogP contribution in [-0.2, 0) is 0 Å². The molecule has 0 aliphatic carbocycles. The summed E-state index contributed by atoms with van der Waals surface area (Å²) in [7, 11) is 5.83. The van der Waals surface area contributed by atoms with Gasteiger partial charge in [0.05, 0.1) is 31.0 Å². The summed E-state index contributed by atoms with van der Waals surface area (Å²) < 4.78 is 7.32. The Labute approximate surface area is 136 Å². The van der Waals surface area contributed by atoms with Gasteiger partial charge >= 0.3 is 0 Å². The Morgan fingerprint density at radius 3 is 2.61 bits per heavy atom. The van der Waals surface area contributed by atoms with Crippen LogP contribution in [0, 0.1) is 13.8 Å². The Morgan fingerprint density at radius 1 is 1.22 bits per heavy atom. The molecule has 23 heavy (non-hydrogen) atoms. The van der Waals surface area contributed by atoms with Crippen molar-refractivity contribution in [1.82, 2.24) is 29.9 Å². The molecular formula is C15H23N7O. The van der Waals surface area contributed by atoms with E-state index in [4.69, 9.17) is 4.74 Å². The van der Waals surface area contributed by atoms with E-state index in [-0.39, 0.29) is 6.04 Å². The van der Waals surface area contributed by atoms with E-state index in [9.17, 15) is 0 Å². The molecule has 0 amide bonds. The molecule has 0 spiro atoms. The summed E-state index contributed by atoms with van der Waals surface area (Å²) in [6.07, 6.45) is 3.64. The van der Waals surface area contributed by atoms with Gasteiger partial charge in [-0.1, -0.05) is 5.21 Å². The van der Waals surface area contributed by atoms with Gasteiger partial charge in [0.1, 0.15) is 11.6 Å². The Hall–Kier alpha value is -2.22. The van der Waals surface area contributed by atoms with E-state index in [1.807, 2.05) is 24.7 Å². The lowest BCUT2D eigenvalue weighted by Gasteiger charge is -2.24. The van der Waals surface area contributed by atoms with Gasteiger partial charge in [-0.3, -0.25) is 0 Å². The molecular weight excluding hydrogens is 294 g/mol. The first kappa shape index (κ1) is 15.7. The number of nitrogens with zero attached hydrogens (tertiary/aromatic N) is 7. The number of aryl methyl sites for hydroxylation is 1. The van der Waals surface area contributed by atoms with Gasteiger partial charge in [-0.15, -0.1) is 5.10 Å². The number of aromatic nitrogens is 5. The second-order valence-corrected chi connectivity index (χ2v) is 6.12. The van der Waals surface area contributed by atoms with Gasteiger partial charge in [0, 0.05) is 19.3 Å². The summed E-state index contributed by atoms with van der Waals surface area (Å²) in [5, 5.41) is 8.14. The Bertz CT molecular complexity index is 671. The highest BCUT2D eigenvalue weighted by atomic mass is 16.5. The molecule has 3 heterocycles. The van der Waals surface area contributed by atoms with Crippen LogP contribution in [-0.4, -0.2) is 70.2 Å².